The molecule has 30 heteroatoms. The monoisotopic (exact) mass is 1500 g/mol. The Morgan fingerprint density at radius 2 is 0.920 bits per heavy atom. The van der Waals surface area contributed by atoms with Gasteiger partial charge in [0.15, 0.2) is 45.7 Å². The molecule has 9 heterocycles. The van der Waals surface area contributed by atoms with Gasteiger partial charge >= 0.3 is 6.08 Å². The van der Waals surface area contributed by atoms with E-state index in [9.17, 15) is 15.0 Å². The molecule has 23 nitrogen and oxygen atoms in total. The molecule has 0 fully saturated rings. The smallest absolute Gasteiger partial charge is 0.400 e. The van der Waals surface area contributed by atoms with Crippen molar-refractivity contribution in [1.29, 1.82) is 0 Å². The molecule has 5 N–H and O–H groups in total. The van der Waals surface area contributed by atoms with E-state index in [4.69, 9.17) is 123 Å². The van der Waals surface area contributed by atoms with Gasteiger partial charge in [-0.3, -0.25) is 14.6 Å². The van der Waals surface area contributed by atoms with Gasteiger partial charge in [-0.15, -0.1) is 0 Å². The average molecular weight is 1500 g/mol. The van der Waals surface area contributed by atoms with E-state index in [1.54, 1.807) is 78.6 Å². The number of oxazole rings is 2. The Labute approximate surface area is 619 Å². The lowest BCUT2D eigenvalue weighted by atomic mass is 10.2. The van der Waals surface area contributed by atoms with Gasteiger partial charge in [-0.1, -0.05) is 97.6 Å². The Morgan fingerprint density at radius 3 is 1.33 bits per heavy atom. The van der Waals surface area contributed by atoms with Gasteiger partial charge in [0.1, 0.15) is 44.6 Å². The number of fused-ring (bicyclic) bond motifs is 2. The molecule has 11 rings (SSSR count). The molecule has 0 aliphatic heterocycles. The number of methoxy groups -OCH3 is 3. The number of rotatable bonds is 9. The predicted molar refractivity (Wildman–Crippen MR) is 414 cm³/mol. The van der Waals surface area contributed by atoms with Crippen LogP contribution in [0.25, 0.3) is 22.2 Å². The van der Waals surface area contributed by atoms with Crippen molar-refractivity contribution in [1.82, 2.24) is 57.1 Å². The zero-order valence-electron chi connectivity index (χ0n) is 59.5. The highest BCUT2D eigenvalue weighted by molar-refractivity contribution is 7.72. The number of para-hydroxylation sites is 4. The topological polar surface area (TPSA) is 242 Å². The maximum Gasteiger partial charge on any atom is 0.400 e. The predicted octanol–water partition coefficient (Wildman–Crippen LogP) is 15.2. The minimum absolute atomic E-state index is 0.162. The molecule has 0 amide bonds. The van der Waals surface area contributed by atoms with Crippen LogP contribution in [0.1, 0.15) is 23.6 Å². The maximum absolute atomic E-state index is 10.7. The van der Waals surface area contributed by atoms with E-state index in [2.05, 4.69) is 52.9 Å². The van der Waals surface area contributed by atoms with Gasteiger partial charge in [0.2, 0.25) is 0 Å². The van der Waals surface area contributed by atoms with Crippen molar-refractivity contribution in [3.63, 3.8) is 0 Å². The summed E-state index contributed by atoms with van der Waals surface area (Å²) in [4.78, 5) is 27.6. The summed E-state index contributed by atoms with van der Waals surface area (Å²) < 4.78 is 45.1. The number of hydrogen-bond acceptors (Lipinski definition) is 22. The Morgan fingerprint density at radius 1 is 0.500 bits per heavy atom. The van der Waals surface area contributed by atoms with Crippen LogP contribution in [0.4, 0.5) is 0 Å². The van der Waals surface area contributed by atoms with Crippen LogP contribution in [0.15, 0.2) is 172 Å². The molecule has 0 radical (unpaired) electrons. The molecule has 540 valence electrons. The summed E-state index contributed by atoms with van der Waals surface area (Å²) >= 11 is 35.6. The number of aromatic hydroxyl groups is 3. The molecule has 2 aromatic carbocycles. The van der Waals surface area contributed by atoms with Crippen LogP contribution in [0.2, 0.25) is 5.35 Å². The Hall–Kier alpha value is -8.72. The molecule has 0 aliphatic rings. The van der Waals surface area contributed by atoms with E-state index >= 15 is 0 Å². The largest absolute Gasteiger partial charge is 0.505 e. The van der Waals surface area contributed by atoms with Crippen LogP contribution in [0.3, 0.4) is 0 Å². The molecule has 0 bridgehead atoms. The molecular weight excluding hydrogens is 1410 g/mol. The number of aromatic nitrogens is 9. The quantitative estimate of drug-likeness (QED) is 0.0666. The number of halogens is 1. The zero-order valence-corrected chi connectivity index (χ0v) is 65.2. The summed E-state index contributed by atoms with van der Waals surface area (Å²) in [5.41, 5.74) is 5.43. The van der Waals surface area contributed by atoms with Gasteiger partial charge < -0.3 is 85.5 Å². The summed E-state index contributed by atoms with van der Waals surface area (Å²) in [6.07, 6.45) is 12.9. The van der Waals surface area contributed by atoms with Crippen molar-refractivity contribution in [2.75, 3.05) is 76.9 Å². The van der Waals surface area contributed by atoms with Crippen LogP contribution in [0, 0.1) is 41.7 Å². The average Bonchev–Trinajstić information content (AvgIpc) is 1.64. The molecular formula is C70H91ClN12O11S6. The fourth-order valence-corrected chi connectivity index (χ4v) is 9.05. The number of aryl methyl sites for hydroxylation is 8. The summed E-state index contributed by atoms with van der Waals surface area (Å²) in [6, 6.07) is 34.7. The third kappa shape index (κ3) is 30.4. The Kier molecular flexibility index (Phi) is 40.1. The number of hydrogen-bond donors (Lipinski definition) is 5. The van der Waals surface area contributed by atoms with Gasteiger partial charge in [-0.25, -0.2) is 0 Å². The summed E-state index contributed by atoms with van der Waals surface area (Å²) in [6.45, 7) is 7.43. The summed E-state index contributed by atoms with van der Waals surface area (Å²) in [5, 5.41) is 35.7. The van der Waals surface area contributed by atoms with Crippen LogP contribution < -0.4 is 24.5 Å². The molecule has 0 saturated heterocycles. The number of pyridine rings is 7. The third-order valence-electron chi connectivity index (χ3n) is 12.7. The second-order valence-electron chi connectivity index (χ2n) is 21.8. The molecule has 0 atom stereocenters. The molecule has 0 aliphatic carbocycles. The second kappa shape index (κ2) is 45.8. The fourth-order valence-electron chi connectivity index (χ4n) is 7.64. The number of benzene rings is 2. The lowest BCUT2D eigenvalue weighted by molar-refractivity contribution is 0.245. The van der Waals surface area contributed by atoms with Crippen molar-refractivity contribution >= 4 is 107 Å². The van der Waals surface area contributed by atoms with Gasteiger partial charge in [-0.2, -0.15) is 9.97 Å². The minimum Gasteiger partial charge on any atom is -0.505 e. The first-order chi connectivity index (χ1) is 47.3. The maximum atomic E-state index is 10.7. The normalized spacial score (nSPS) is 9.99. The lowest BCUT2D eigenvalue weighted by Crippen LogP contribution is -2.26. The zero-order chi connectivity index (χ0) is 75.3. The van der Waals surface area contributed by atoms with Crippen molar-refractivity contribution in [3.8, 4) is 46.3 Å². The number of nitrogens with zero attached hydrogens (tertiary/aromatic N) is 11. The lowest BCUT2D eigenvalue weighted by Gasteiger charge is -2.14. The number of nitrogens with one attached hydrogen (secondary N) is 1. The molecule has 9 aromatic heterocycles. The molecule has 0 spiro atoms. The van der Waals surface area contributed by atoms with Gasteiger partial charge in [0.05, 0.1) is 21.3 Å². The van der Waals surface area contributed by atoms with E-state index in [-0.39, 0.29) is 40.8 Å². The van der Waals surface area contributed by atoms with E-state index in [0.29, 0.717) is 42.2 Å². The first kappa shape index (κ1) is 87.4. The summed E-state index contributed by atoms with van der Waals surface area (Å²) in [7, 11) is 27.9. The number of aliphatic hydroxyl groups is 1. The van der Waals surface area contributed by atoms with Crippen LogP contribution in [-0.2, 0) is 48.8 Å². The first-order valence-corrected chi connectivity index (χ1v) is 33.0. The SMILES string of the molecule is CCO.CN(C)CN(C)C.CN(C)Cc1ccn(C)c(=S)c1O.COc1ccc[nH]c1=O.COc1cccn(C)c1=S.COc1cccn(C)c1=S.Cc1ccn(C)c(=S)c1O.Cc1ccn(C)c(=S)c1Oc1nc2ccccc2o1.Clc1nc2ccccc2o1.Cn1cccc(O)c1=S. The first-order valence-electron chi connectivity index (χ1n) is 30.2. The van der Waals surface area contributed by atoms with Crippen LogP contribution in [0.5, 0.6) is 46.3 Å². The highest BCUT2D eigenvalue weighted by Gasteiger charge is 2.12. The molecule has 11 aromatic rings. The van der Waals surface area contributed by atoms with Gasteiger partial charge in [-0.05, 0) is 177 Å². The van der Waals surface area contributed by atoms with E-state index in [1.807, 2.05) is 204 Å². The van der Waals surface area contributed by atoms with Gasteiger partial charge in [0, 0.05) is 111 Å². The van der Waals surface area contributed by atoms with E-state index in [1.165, 1.54) is 7.11 Å². The van der Waals surface area contributed by atoms with Crippen molar-refractivity contribution in [2.45, 2.75) is 27.3 Å². The molecule has 100 heavy (non-hydrogen) atoms. The number of aliphatic hydroxyl groups excluding tert-OH is 1. The number of H-pyrrole nitrogens is 1. The number of ether oxygens (including phenoxy) is 4. The van der Waals surface area contributed by atoms with Crippen molar-refractivity contribution in [3.05, 3.63) is 219 Å². The standard InChI is InChI=1S/C14H12N2O2S.C9H14N2OS.C7H4ClNO.3C7H9NOS.C6H7NO2.C6H7NOS.C5H14N2.C2H6O/c1-9-7-8-16(2)13(19)12(9)18-14-15-10-5-3-4-6-11(10)17-14;1-10(2)6-7-4-5-11(3)9(13)8(7)12;8-7-9-5-3-1-2-4-6(5)10-7;2*1-8-5-3-4-6(9-2)7(8)10;1-5-3-4-8(2)7(10)6(5)9;1-9-5-3-2-4-7-6(5)8;1-7-4-2-3-5(8)6(7)9;1-6(2)5-7(3)4;1-2-3/h3-8H,1-2H3;4-5,12H,6H2,1-3H3;1-4H;2*3-5H,1-2H3;3-4,9H,1-2H3;2-4H,1H3,(H,7,8);2-4,8H,1H3;5H2,1-4H3;3H,2H2,1H3. The highest BCUT2D eigenvalue weighted by atomic mass is 35.5. The minimum atomic E-state index is -0.194. The van der Waals surface area contributed by atoms with Crippen LogP contribution in [-0.4, -0.2) is 154 Å². The van der Waals surface area contributed by atoms with Crippen LogP contribution >= 0.6 is 84.9 Å². The van der Waals surface area contributed by atoms with E-state index < -0.39 is 0 Å². The molecule has 0 unspecified atom stereocenters. The highest BCUT2D eigenvalue weighted by Crippen LogP contribution is 2.29. The number of aromatic amines is 1. The second-order valence-corrected chi connectivity index (χ2v) is 24.5. The summed E-state index contributed by atoms with van der Waals surface area (Å²) in [5.74, 6) is 3.03. The Bertz CT molecular complexity index is 4580. The fraction of sp³-hybridized carbons (Fsp3) is 0.300. The van der Waals surface area contributed by atoms with Crippen molar-refractivity contribution < 1.29 is 48.2 Å². The van der Waals surface area contributed by atoms with E-state index in [0.717, 1.165) is 60.8 Å². The Balaban J connectivity index is 0.000000386. The van der Waals surface area contributed by atoms with Gasteiger partial charge in [0.25, 0.3) is 10.9 Å². The molecule has 0 saturated carbocycles. The third-order valence-corrected chi connectivity index (χ3v) is 15.8. The van der Waals surface area contributed by atoms with Crippen molar-refractivity contribution in [2.24, 2.45) is 42.3 Å².